The van der Waals surface area contributed by atoms with Gasteiger partial charge in [0.1, 0.15) is 5.60 Å². The molecule has 3 atom stereocenters. The van der Waals surface area contributed by atoms with Gasteiger partial charge in [0.05, 0.1) is 12.3 Å². The van der Waals surface area contributed by atoms with Crippen molar-refractivity contribution in [1.29, 1.82) is 0 Å². The molecule has 3 saturated heterocycles. The van der Waals surface area contributed by atoms with Crippen LogP contribution in [0.2, 0.25) is 0 Å². The molecule has 1 aliphatic carbocycles. The third-order valence-electron chi connectivity index (χ3n) is 7.72. The normalized spacial score (nSPS) is 32.2. The monoisotopic (exact) mass is 416 g/mol. The van der Waals surface area contributed by atoms with Crippen LogP contribution in [0.25, 0.3) is 0 Å². The molecule has 0 aromatic carbocycles. The van der Waals surface area contributed by atoms with E-state index < -0.39 is 5.60 Å². The standard InChI is InChI=1S/C23H32N2O3S/c26-21-14-19(23(28-21)9-2-1-3-10-23)22(27)25-11-4-6-17-15-24(12-8-20(17)25)16-18-7-5-13-29-18/h5,7,13,17,19-20H,1-4,6,8-12,14-16H2/t17-,19?,20-/m1/s1. The Bertz CT molecular complexity index is 743. The molecular formula is C23H32N2O3S. The van der Waals surface area contributed by atoms with E-state index in [1.165, 1.54) is 17.7 Å². The zero-order chi connectivity index (χ0) is 19.8. The van der Waals surface area contributed by atoms with Crippen molar-refractivity contribution in [3.8, 4) is 0 Å². The number of rotatable bonds is 3. The summed E-state index contributed by atoms with van der Waals surface area (Å²) in [5.41, 5.74) is -0.501. The zero-order valence-corrected chi connectivity index (χ0v) is 18.0. The Labute approximate surface area is 177 Å². The summed E-state index contributed by atoms with van der Waals surface area (Å²) in [6.45, 7) is 4.01. The van der Waals surface area contributed by atoms with Gasteiger partial charge in [-0.2, -0.15) is 0 Å². The molecule has 29 heavy (non-hydrogen) atoms. The highest BCUT2D eigenvalue weighted by Gasteiger charge is 2.55. The van der Waals surface area contributed by atoms with E-state index >= 15 is 0 Å². The first kappa shape index (κ1) is 19.6. The molecule has 1 unspecified atom stereocenters. The van der Waals surface area contributed by atoms with Crippen LogP contribution in [0.4, 0.5) is 0 Å². The first-order chi connectivity index (χ1) is 14.1. The maximum atomic E-state index is 13.7. The predicted octanol–water partition coefficient (Wildman–Crippen LogP) is 3.83. The van der Waals surface area contributed by atoms with Crippen molar-refractivity contribution in [2.45, 2.75) is 76.0 Å². The summed E-state index contributed by atoms with van der Waals surface area (Å²) in [5, 5.41) is 2.15. The number of esters is 1. The van der Waals surface area contributed by atoms with Gasteiger partial charge in [-0.25, -0.2) is 0 Å². The third-order valence-corrected chi connectivity index (χ3v) is 8.58. The molecule has 4 heterocycles. The minimum atomic E-state index is -0.501. The van der Waals surface area contributed by atoms with E-state index in [9.17, 15) is 9.59 Å². The number of likely N-dealkylation sites (tertiary alicyclic amines) is 2. The highest BCUT2D eigenvalue weighted by Crippen LogP contribution is 2.46. The first-order valence-electron chi connectivity index (χ1n) is 11.4. The second kappa shape index (κ2) is 8.03. The lowest BCUT2D eigenvalue weighted by molar-refractivity contribution is -0.158. The van der Waals surface area contributed by atoms with Crippen LogP contribution in [0, 0.1) is 11.8 Å². The number of hydrogen-bond acceptors (Lipinski definition) is 5. The number of carbonyl (C=O) groups excluding carboxylic acids is 2. The van der Waals surface area contributed by atoms with Crippen molar-refractivity contribution in [1.82, 2.24) is 9.80 Å². The molecule has 0 bridgehead atoms. The Morgan fingerprint density at radius 1 is 1.17 bits per heavy atom. The molecule has 1 saturated carbocycles. The van der Waals surface area contributed by atoms with Gasteiger partial charge < -0.3 is 9.64 Å². The van der Waals surface area contributed by atoms with E-state index in [-0.39, 0.29) is 24.2 Å². The van der Waals surface area contributed by atoms with Crippen LogP contribution in [0.5, 0.6) is 0 Å². The Balaban J connectivity index is 1.28. The minimum absolute atomic E-state index is 0.162. The fraction of sp³-hybridized carbons (Fsp3) is 0.739. The van der Waals surface area contributed by atoms with E-state index in [0.29, 0.717) is 12.0 Å². The molecule has 4 aliphatic rings. The quantitative estimate of drug-likeness (QED) is 0.703. The summed E-state index contributed by atoms with van der Waals surface area (Å²) >= 11 is 1.83. The molecular weight excluding hydrogens is 384 g/mol. The number of amides is 1. The first-order valence-corrected chi connectivity index (χ1v) is 12.3. The van der Waals surface area contributed by atoms with Crippen molar-refractivity contribution in [3.05, 3.63) is 22.4 Å². The maximum Gasteiger partial charge on any atom is 0.307 e. The lowest BCUT2D eigenvalue weighted by Crippen LogP contribution is -2.58. The number of nitrogens with zero attached hydrogens (tertiary/aromatic N) is 2. The lowest BCUT2D eigenvalue weighted by Gasteiger charge is -2.49. The largest absolute Gasteiger partial charge is 0.458 e. The third kappa shape index (κ3) is 3.74. The summed E-state index contributed by atoms with van der Waals surface area (Å²) in [6.07, 6.45) is 8.69. The smallest absolute Gasteiger partial charge is 0.307 e. The van der Waals surface area contributed by atoms with Crippen LogP contribution < -0.4 is 0 Å². The van der Waals surface area contributed by atoms with Gasteiger partial charge in [0.2, 0.25) is 5.91 Å². The van der Waals surface area contributed by atoms with E-state index in [0.717, 1.165) is 64.7 Å². The summed E-state index contributed by atoms with van der Waals surface area (Å²) in [6, 6.07) is 4.68. The molecule has 6 heteroatoms. The summed E-state index contributed by atoms with van der Waals surface area (Å²) in [4.78, 5) is 32.0. The van der Waals surface area contributed by atoms with Crippen molar-refractivity contribution in [2.24, 2.45) is 11.8 Å². The van der Waals surface area contributed by atoms with Crippen LogP contribution in [-0.2, 0) is 20.9 Å². The minimum Gasteiger partial charge on any atom is -0.458 e. The van der Waals surface area contributed by atoms with E-state index in [2.05, 4.69) is 27.3 Å². The maximum absolute atomic E-state index is 13.7. The second-order valence-electron chi connectivity index (χ2n) is 9.46. The number of fused-ring (bicyclic) bond motifs is 1. The number of hydrogen-bond donors (Lipinski definition) is 0. The molecule has 1 aromatic rings. The topological polar surface area (TPSA) is 49.9 Å². The van der Waals surface area contributed by atoms with Crippen LogP contribution in [0.1, 0.15) is 62.7 Å². The van der Waals surface area contributed by atoms with Gasteiger partial charge in [0.15, 0.2) is 0 Å². The molecule has 3 aliphatic heterocycles. The summed E-state index contributed by atoms with van der Waals surface area (Å²) in [5.74, 6) is 0.351. The summed E-state index contributed by atoms with van der Waals surface area (Å²) in [7, 11) is 0. The average Bonchev–Trinajstić information content (AvgIpc) is 3.35. The average molecular weight is 417 g/mol. The predicted molar refractivity (Wildman–Crippen MR) is 112 cm³/mol. The van der Waals surface area contributed by atoms with Gasteiger partial charge in [-0.3, -0.25) is 14.5 Å². The number of ether oxygens (including phenoxy) is 1. The van der Waals surface area contributed by atoms with Gasteiger partial charge in [0.25, 0.3) is 0 Å². The molecule has 1 spiro atoms. The molecule has 0 radical (unpaired) electrons. The fourth-order valence-electron chi connectivity index (χ4n) is 6.32. The molecule has 1 amide bonds. The fourth-order valence-corrected chi connectivity index (χ4v) is 7.07. The Morgan fingerprint density at radius 2 is 2.03 bits per heavy atom. The van der Waals surface area contributed by atoms with Crippen LogP contribution in [0.15, 0.2) is 17.5 Å². The highest BCUT2D eigenvalue weighted by atomic mass is 32.1. The molecule has 0 N–H and O–H groups in total. The van der Waals surface area contributed by atoms with E-state index in [1.54, 1.807) is 0 Å². The van der Waals surface area contributed by atoms with E-state index in [1.807, 2.05) is 11.3 Å². The van der Waals surface area contributed by atoms with Gasteiger partial charge in [-0.05, 0) is 62.3 Å². The highest BCUT2D eigenvalue weighted by molar-refractivity contribution is 7.09. The SMILES string of the molecule is O=C1CC(C(=O)N2CCC[C@@H]3CN(Cc4cccs4)CC[C@H]32)C2(CCCCC2)O1. The molecule has 158 valence electrons. The molecule has 1 aromatic heterocycles. The molecule has 5 nitrogen and oxygen atoms in total. The van der Waals surface area contributed by atoms with Crippen molar-refractivity contribution >= 4 is 23.2 Å². The van der Waals surface area contributed by atoms with E-state index in [4.69, 9.17) is 4.74 Å². The Kier molecular flexibility index (Phi) is 5.41. The van der Waals surface area contributed by atoms with Crippen molar-refractivity contribution in [2.75, 3.05) is 19.6 Å². The number of piperidine rings is 2. The number of thiophene rings is 1. The van der Waals surface area contributed by atoms with Crippen LogP contribution in [-0.4, -0.2) is 53.0 Å². The van der Waals surface area contributed by atoms with Crippen molar-refractivity contribution < 1.29 is 14.3 Å². The van der Waals surface area contributed by atoms with Gasteiger partial charge >= 0.3 is 5.97 Å². The van der Waals surface area contributed by atoms with Gasteiger partial charge in [0, 0.05) is 37.1 Å². The lowest BCUT2D eigenvalue weighted by atomic mass is 9.74. The Morgan fingerprint density at radius 3 is 2.83 bits per heavy atom. The van der Waals surface area contributed by atoms with Gasteiger partial charge in [-0.15, -0.1) is 11.3 Å². The van der Waals surface area contributed by atoms with Gasteiger partial charge in [-0.1, -0.05) is 12.5 Å². The zero-order valence-electron chi connectivity index (χ0n) is 17.2. The molecule has 4 fully saturated rings. The van der Waals surface area contributed by atoms with Crippen LogP contribution in [0.3, 0.4) is 0 Å². The second-order valence-corrected chi connectivity index (χ2v) is 10.5. The molecule has 5 rings (SSSR count). The van der Waals surface area contributed by atoms with Crippen molar-refractivity contribution in [3.63, 3.8) is 0 Å². The summed E-state index contributed by atoms with van der Waals surface area (Å²) < 4.78 is 5.83. The number of carbonyl (C=O) groups is 2. The Hall–Kier alpha value is -1.40. The van der Waals surface area contributed by atoms with Crippen LogP contribution >= 0.6 is 11.3 Å².